The smallest absolute Gasteiger partial charge is 0.238 e. The third-order valence-corrected chi connectivity index (χ3v) is 4.76. The molecule has 0 spiro atoms. The maximum Gasteiger partial charge on any atom is 0.238 e. The topological polar surface area (TPSA) is 76.0 Å². The summed E-state index contributed by atoms with van der Waals surface area (Å²) in [5.74, 6) is 1.12. The van der Waals surface area contributed by atoms with Crippen LogP contribution in [0.15, 0.2) is 66.4 Å². The third-order valence-electron chi connectivity index (χ3n) is 4.76. The molecule has 1 aliphatic rings. The fourth-order valence-corrected chi connectivity index (χ4v) is 3.15. The first-order valence-corrected chi connectivity index (χ1v) is 9.53. The Labute approximate surface area is 174 Å². The van der Waals surface area contributed by atoms with Gasteiger partial charge in [0.05, 0.1) is 30.5 Å². The minimum Gasteiger partial charge on any atom is -0.479 e. The summed E-state index contributed by atoms with van der Waals surface area (Å²) in [4.78, 5) is 8.90. The Morgan fingerprint density at radius 1 is 1.10 bits per heavy atom. The molecule has 8 heteroatoms. The highest BCUT2D eigenvalue weighted by atomic mass is 19.1. The van der Waals surface area contributed by atoms with Gasteiger partial charge in [-0.05, 0) is 55.3 Å². The van der Waals surface area contributed by atoms with Crippen molar-refractivity contribution < 1.29 is 9.13 Å². The molecular weight excluding hydrogens is 383 g/mol. The number of hydrazine groups is 1. The molecule has 0 fully saturated rings. The number of methoxy groups -OCH3 is 1. The Balaban J connectivity index is 1.53. The van der Waals surface area contributed by atoms with E-state index in [1.807, 2.05) is 42.8 Å². The van der Waals surface area contributed by atoms with Crippen LogP contribution in [0.1, 0.15) is 23.9 Å². The van der Waals surface area contributed by atoms with Crippen molar-refractivity contribution in [3.05, 3.63) is 89.2 Å². The molecule has 3 heterocycles. The fraction of sp³-hybridized carbons (Fsp3) is 0.182. The van der Waals surface area contributed by atoms with Crippen LogP contribution in [0.4, 0.5) is 4.39 Å². The molecule has 1 aromatic carbocycles. The van der Waals surface area contributed by atoms with Crippen molar-refractivity contribution in [2.24, 2.45) is 0 Å². The van der Waals surface area contributed by atoms with E-state index in [9.17, 15) is 4.39 Å². The van der Waals surface area contributed by atoms with E-state index in [4.69, 9.17) is 4.74 Å². The van der Waals surface area contributed by atoms with Crippen molar-refractivity contribution in [3.63, 3.8) is 0 Å². The van der Waals surface area contributed by atoms with Gasteiger partial charge in [-0.25, -0.2) is 14.4 Å². The Morgan fingerprint density at radius 3 is 2.57 bits per heavy atom. The van der Waals surface area contributed by atoms with Crippen LogP contribution in [0.25, 0.3) is 11.4 Å². The van der Waals surface area contributed by atoms with Gasteiger partial charge in [-0.2, -0.15) is 0 Å². The number of ether oxygens (including phenoxy) is 1. The van der Waals surface area contributed by atoms with Crippen molar-refractivity contribution in [1.82, 2.24) is 30.7 Å². The second-order valence-corrected chi connectivity index (χ2v) is 6.99. The first-order valence-electron chi connectivity index (χ1n) is 9.53. The highest BCUT2D eigenvalue weighted by molar-refractivity contribution is 5.66. The van der Waals surface area contributed by atoms with E-state index in [0.717, 1.165) is 39.7 Å². The number of imidazole rings is 1. The van der Waals surface area contributed by atoms with Crippen LogP contribution in [0.2, 0.25) is 0 Å². The Bertz CT molecular complexity index is 1120. The minimum atomic E-state index is -0.240. The van der Waals surface area contributed by atoms with Crippen LogP contribution in [0, 0.1) is 12.7 Å². The first-order chi connectivity index (χ1) is 14.5. The number of hydrogen-bond donors (Lipinski definition) is 3. The number of aromatic nitrogens is 3. The van der Waals surface area contributed by atoms with Crippen LogP contribution in [-0.4, -0.2) is 21.6 Å². The molecule has 0 amide bonds. The van der Waals surface area contributed by atoms with Crippen LogP contribution in [0.5, 0.6) is 5.88 Å². The average Bonchev–Trinajstić information content (AvgIpc) is 3.19. The lowest BCUT2D eigenvalue weighted by molar-refractivity contribution is 0.395. The van der Waals surface area contributed by atoms with Crippen molar-refractivity contribution in [2.45, 2.75) is 20.4 Å². The van der Waals surface area contributed by atoms with E-state index < -0.39 is 0 Å². The van der Waals surface area contributed by atoms with Gasteiger partial charge in [0.15, 0.2) is 0 Å². The van der Waals surface area contributed by atoms with Crippen LogP contribution >= 0.6 is 0 Å². The molecule has 3 aromatic rings. The highest BCUT2D eigenvalue weighted by Crippen LogP contribution is 2.24. The van der Waals surface area contributed by atoms with Gasteiger partial charge in [0.1, 0.15) is 17.3 Å². The maximum atomic E-state index is 13.0. The molecule has 3 N–H and O–H groups in total. The molecule has 30 heavy (non-hydrogen) atoms. The molecule has 7 nitrogen and oxygen atoms in total. The summed E-state index contributed by atoms with van der Waals surface area (Å²) in [5.41, 5.74) is 11.7. The molecule has 0 saturated carbocycles. The summed E-state index contributed by atoms with van der Waals surface area (Å²) < 4.78 is 20.4. The summed E-state index contributed by atoms with van der Waals surface area (Å²) >= 11 is 0. The number of aryl methyl sites for hydroxylation is 1. The molecule has 0 saturated heterocycles. The number of pyridine rings is 1. The molecule has 4 rings (SSSR count). The number of nitrogens with one attached hydrogen (secondary N) is 3. The second-order valence-electron chi connectivity index (χ2n) is 6.99. The van der Waals surface area contributed by atoms with E-state index in [0.29, 0.717) is 12.4 Å². The largest absolute Gasteiger partial charge is 0.479 e. The predicted octanol–water partition coefficient (Wildman–Crippen LogP) is 3.19. The van der Waals surface area contributed by atoms with Crippen LogP contribution in [0.3, 0.4) is 0 Å². The van der Waals surface area contributed by atoms with E-state index >= 15 is 0 Å². The number of hydrogen-bond acceptors (Lipinski definition) is 6. The van der Waals surface area contributed by atoms with Gasteiger partial charge in [-0.3, -0.25) is 10.9 Å². The van der Waals surface area contributed by atoms with Gasteiger partial charge < -0.3 is 14.6 Å². The zero-order valence-electron chi connectivity index (χ0n) is 17.0. The maximum absolute atomic E-state index is 13.0. The molecule has 0 unspecified atom stereocenters. The monoisotopic (exact) mass is 406 g/mol. The van der Waals surface area contributed by atoms with Crippen molar-refractivity contribution >= 4 is 5.70 Å². The van der Waals surface area contributed by atoms with E-state index in [1.54, 1.807) is 25.6 Å². The summed E-state index contributed by atoms with van der Waals surface area (Å²) in [7, 11) is 1.60. The molecule has 0 radical (unpaired) electrons. The normalized spacial score (nSPS) is 13.4. The SMILES string of the molecule is COc1nc(C2=CC(C)=C(NCc3ccc(F)cc3)NN2)ccc1-n1cnc(C)c1. The molecule has 0 atom stereocenters. The van der Waals surface area contributed by atoms with E-state index in [1.165, 1.54) is 12.1 Å². The van der Waals surface area contributed by atoms with Crippen molar-refractivity contribution in [2.75, 3.05) is 7.11 Å². The van der Waals surface area contributed by atoms with Crippen molar-refractivity contribution in [1.29, 1.82) is 0 Å². The zero-order valence-corrected chi connectivity index (χ0v) is 17.0. The third kappa shape index (κ3) is 4.12. The van der Waals surface area contributed by atoms with Crippen LogP contribution in [-0.2, 0) is 6.54 Å². The molecule has 154 valence electrons. The Hall–Kier alpha value is -3.81. The van der Waals surface area contributed by atoms with Gasteiger partial charge >= 0.3 is 0 Å². The molecule has 1 aliphatic heterocycles. The van der Waals surface area contributed by atoms with E-state index in [-0.39, 0.29) is 5.82 Å². The lowest BCUT2D eigenvalue weighted by atomic mass is 10.1. The van der Waals surface area contributed by atoms with Crippen molar-refractivity contribution in [3.8, 4) is 11.6 Å². The fourth-order valence-electron chi connectivity index (χ4n) is 3.15. The van der Waals surface area contributed by atoms with E-state index in [2.05, 4.69) is 26.1 Å². The summed E-state index contributed by atoms with van der Waals surface area (Å²) in [6, 6.07) is 10.3. The van der Waals surface area contributed by atoms with Gasteiger partial charge in [0, 0.05) is 12.7 Å². The number of rotatable bonds is 6. The van der Waals surface area contributed by atoms with Gasteiger partial charge in [-0.15, -0.1) is 0 Å². The average molecular weight is 406 g/mol. The second kappa shape index (κ2) is 8.28. The molecule has 0 bridgehead atoms. The Kier molecular flexibility index (Phi) is 5.38. The van der Waals surface area contributed by atoms with Gasteiger partial charge in [0.25, 0.3) is 0 Å². The highest BCUT2D eigenvalue weighted by Gasteiger charge is 2.15. The van der Waals surface area contributed by atoms with Crippen LogP contribution < -0.4 is 20.9 Å². The summed E-state index contributed by atoms with van der Waals surface area (Å²) in [6.45, 7) is 4.51. The minimum absolute atomic E-state index is 0.240. The number of benzene rings is 1. The summed E-state index contributed by atoms with van der Waals surface area (Å²) in [5, 5.41) is 3.32. The molecule has 2 aromatic heterocycles. The lowest BCUT2D eigenvalue weighted by Gasteiger charge is -2.23. The predicted molar refractivity (Wildman–Crippen MR) is 113 cm³/mol. The number of allylic oxidation sites excluding steroid dienone is 2. The summed E-state index contributed by atoms with van der Waals surface area (Å²) in [6.07, 6.45) is 5.66. The quantitative estimate of drug-likeness (QED) is 0.584. The standard InChI is InChI=1S/C22H23FN6O/c1-14-10-19(27-28-21(14)24-11-16-4-6-17(23)7-5-16)18-8-9-20(22(26-18)30-3)29-12-15(2)25-13-29/h4-10,12-13,24,27-28H,11H2,1-3H3. The molecular formula is C22H23FN6O. The Morgan fingerprint density at radius 2 is 1.90 bits per heavy atom. The first kappa shape index (κ1) is 19.5. The zero-order chi connectivity index (χ0) is 21.1. The van der Waals surface area contributed by atoms with Gasteiger partial charge in [-0.1, -0.05) is 12.1 Å². The number of halogens is 1. The van der Waals surface area contributed by atoms with Gasteiger partial charge in [0.2, 0.25) is 5.88 Å². The number of nitrogens with zero attached hydrogens (tertiary/aromatic N) is 3. The molecule has 0 aliphatic carbocycles. The lowest BCUT2D eigenvalue weighted by Crippen LogP contribution is -2.39.